The van der Waals surface area contributed by atoms with Gasteiger partial charge in [-0.25, -0.2) is 9.78 Å². The summed E-state index contributed by atoms with van der Waals surface area (Å²) in [5, 5.41) is 6.57. The summed E-state index contributed by atoms with van der Waals surface area (Å²) in [5.41, 5.74) is 8.90. The molecule has 10 heteroatoms. The molecule has 1 fully saturated rings. The number of hydrogen-bond acceptors (Lipinski definition) is 9. The van der Waals surface area contributed by atoms with Gasteiger partial charge in [0.25, 0.3) is 0 Å². The summed E-state index contributed by atoms with van der Waals surface area (Å²) in [6.45, 7) is 9.96. The van der Waals surface area contributed by atoms with Crippen molar-refractivity contribution in [2.45, 2.75) is 26.4 Å². The minimum absolute atomic E-state index is 0.241. The van der Waals surface area contributed by atoms with Gasteiger partial charge in [0.2, 0.25) is 5.13 Å². The number of rotatable bonds is 7. The number of nitrogens with two attached hydrogens (primary N) is 1. The normalized spacial score (nSPS) is 15.3. The number of nitrogens with one attached hydrogen (secondary N) is 1. The Morgan fingerprint density at radius 3 is 2.77 bits per heavy atom. The number of carbonyl (C=O) groups excluding carboxylic acids is 1. The van der Waals surface area contributed by atoms with E-state index in [9.17, 15) is 4.79 Å². The second kappa shape index (κ2) is 10.5. The van der Waals surface area contributed by atoms with Crippen LogP contribution in [0.5, 0.6) is 5.75 Å². The number of benzene rings is 1. The summed E-state index contributed by atoms with van der Waals surface area (Å²) in [4.78, 5) is 20.3. The Hall–Kier alpha value is -2.85. The molecular weight excluding hydrogens is 416 g/mol. The number of hydrazone groups is 1. The van der Waals surface area contributed by atoms with Crippen molar-refractivity contribution in [1.29, 1.82) is 0 Å². The second-order valence-corrected chi connectivity index (χ2v) is 9.04. The average Bonchev–Trinajstić information content (AvgIpc) is 3.13. The van der Waals surface area contributed by atoms with Gasteiger partial charge >= 0.3 is 6.09 Å². The van der Waals surface area contributed by atoms with E-state index in [1.54, 1.807) is 16.5 Å². The molecule has 0 spiro atoms. The van der Waals surface area contributed by atoms with Gasteiger partial charge in [0.1, 0.15) is 23.8 Å². The maximum absolute atomic E-state index is 12.1. The lowest BCUT2D eigenvalue weighted by molar-refractivity contribution is 0.0137. The van der Waals surface area contributed by atoms with Crippen LogP contribution >= 0.6 is 11.3 Å². The molecule has 168 valence electrons. The van der Waals surface area contributed by atoms with Crippen molar-refractivity contribution in [1.82, 2.24) is 14.8 Å². The third-order valence-corrected chi connectivity index (χ3v) is 5.22. The predicted octanol–water partition coefficient (Wildman–Crippen LogP) is 3.10. The second-order valence-electron chi connectivity index (χ2n) is 8.18. The number of thiazole rings is 1. The Labute approximate surface area is 186 Å². The summed E-state index contributed by atoms with van der Waals surface area (Å²) in [6.07, 6.45) is 1.47. The van der Waals surface area contributed by atoms with Gasteiger partial charge < -0.3 is 20.1 Å². The molecule has 0 bridgehead atoms. The molecule has 31 heavy (non-hydrogen) atoms. The molecule has 2 aromatic rings. The fraction of sp³-hybridized carbons (Fsp3) is 0.476. The molecule has 1 aliphatic rings. The van der Waals surface area contributed by atoms with Gasteiger partial charge in [0.05, 0.1) is 6.21 Å². The first-order chi connectivity index (χ1) is 14.8. The van der Waals surface area contributed by atoms with E-state index in [-0.39, 0.29) is 6.09 Å². The van der Waals surface area contributed by atoms with Crippen LogP contribution in [0.1, 0.15) is 26.3 Å². The first kappa shape index (κ1) is 22.8. The zero-order valence-electron chi connectivity index (χ0n) is 18.2. The van der Waals surface area contributed by atoms with Crippen LogP contribution in [-0.4, -0.2) is 72.0 Å². The number of nitrogen functional groups attached to an aromatic ring is 1. The number of nitrogens with zero attached hydrogens (tertiary/aromatic N) is 4. The monoisotopic (exact) mass is 446 g/mol. The lowest BCUT2D eigenvalue weighted by Crippen LogP contribution is -2.50. The van der Waals surface area contributed by atoms with E-state index in [0.717, 1.165) is 30.9 Å². The summed E-state index contributed by atoms with van der Waals surface area (Å²) in [5.74, 6) is 1.26. The Bertz CT molecular complexity index is 887. The highest BCUT2D eigenvalue weighted by Gasteiger charge is 2.25. The molecule has 9 nitrogen and oxygen atoms in total. The van der Waals surface area contributed by atoms with E-state index in [0.29, 0.717) is 30.6 Å². The lowest BCUT2D eigenvalue weighted by atomic mass is 10.2. The van der Waals surface area contributed by atoms with Crippen LogP contribution in [0.4, 0.5) is 15.7 Å². The van der Waals surface area contributed by atoms with Crippen molar-refractivity contribution < 1.29 is 14.3 Å². The molecule has 0 unspecified atom stereocenters. The van der Waals surface area contributed by atoms with Gasteiger partial charge in [-0.05, 0) is 38.5 Å². The average molecular weight is 447 g/mol. The van der Waals surface area contributed by atoms with Crippen molar-refractivity contribution in [2.75, 3.05) is 50.5 Å². The summed E-state index contributed by atoms with van der Waals surface area (Å²) in [7, 11) is 0. The molecule has 3 N–H and O–H groups in total. The van der Waals surface area contributed by atoms with Crippen LogP contribution in [-0.2, 0) is 4.74 Å². The summed E-state index contributed by atoms with van der Waals surface area (Å²) >= 11 is 1.40. The molecule has 1 aromatic carbocycles. The van der Waals surface area contributed by atoms with Crippen LogP contribution in [0.3, 0.4) is 0 Å². The third-order valence-electron chi connectivity index (χ3n) is 4.45. The molecular formula is C21H30N6O3S. The van der Waals surface area contributed by atoms with Crippen LogP contribution in [0.15, 0.2) is 34.7 Å². The Morgan fingerprint density at radius 2 is 2.10 bits per heavy atom. The van der Waals surface area contributed by atoms with Crippen molar-refractivity contribution in [3.63, 3.8) is 0 Å². The van der Waals surface area contributed by atoms with Crippen LogP contribution < -0.4 is 15.9 Å². The van der Waals surface area contributed by atoms with E-state index >= 15 is 0 Å². The van der Waals surface area contributed by atoms with Gasteiger partial charge in [0, 0.05) is 38.1 Å². The molecule has 0 saturated carbocycles. The minimum Gasteiger partial charge on any atom is -0.492 e. The van der Waals surface area contributed by atoms with Gasteiger partial charge in [-0.15, -0.1) is 11.3 Å². The predicted molar refractivity (Wildman–Crippen MR) is 124 cm³/mol. The summed E-state index contributed by atoms with van der Waals surface area (Å²) in [6, 6.07) is 7.73. The number of amides is 1. The van der Waals surface area contributed by atoms with E-state index < -0.39 is 5.60 Å². The standard InChI is InChI=1S/C21H30N6O3S/c1-21(2,3)30-20(28)27-9-7-26(8-10-27)11-12-29-17-6-4-5-16(13-17)14-23-25-19-24-18(22)15-31-19/h4-6,13-15H,7-12,22H2,1-3H3,(H,24,25). The number of hydrogen-bond donors (Lipinski definition) is 2. The molecule has 1 aliphatic heterocycles. The van der Waals surface area contributed by atoms with Crippen LogP contribution in [0.2, 0.25) is 0 Å². The van der Waals surface area contributed by atoms with Crippen LogP contribution in [0, 0.1) is 0 Å². The van der Waals surface area contributed by atoms with Gasteiger partial charge in [-0.3, -0.25) is 10.3 Å². The van der Waals surface area contributed by atoms with Gasteiger partial charge in [-0.1, -0.05) is 12.1 Å². The minimum atomic E-state index is -0.466. The van der Waals surface area contributed by atoms with Crippen molar-refractivity contribution in [3.8, 4) is 5.75 Å². The Balaban J connectivity index is 1.38. The van der Waals surface area contributed by atoms with E-state index in [4.69, 9.17) is 15.2 Å². The molecule has 0 aliphatic carbocycles. The smallest absolute Gasteiger partial charge is 0.410 e. The van der Waals surface area contributed by atoms with E-state index in [1.165, 1.54) is 11.3 Å². The quantitative estimate of drug-likeness (QED) is 0.497. The third kappa shape index (κ3) is 7.72. The zero-order chi connectivity index (χ0) is 22.3. The number of aromatic nitrogens is 1. The Kier molecular flexibility index (Phi) is 7.69. The molecule has 1 saturated heterocycles. The first-order valence-electron chi connectivity index (χ1n) is 10.2. The van der Waals surface area contributed by atoms with Gasteiger partial charge in [-0.2, -0.15) is 5.10 Å². The zero-order valence-corrected chi connectivity index (χ0v) is 19.0. The highest BCUT2D eigenvalue weighted by molar-refractivity contribution is 7.14. The van der Waals surface area contributed by atoms with Crippen molar-refractivity contribution in [2.24, 2.45) is 5.10 Å². The number of anilines is 2. The van der Waals surface area contributed by atoms with Gasteiger partial charge in [0.15, 0.2) is 0 Å². The highest BCUT2D eigenvalue weighted by Crippen LogP contribution is 2.17. The van der Waals surface area contributed by atoms with Crippen molar-refractivity contribution in [3.05, 3.63) is 35.2 Å². The lowest BCUT2D eigenvalue weighted by Gasteiger charge is -2.35. The number of piperazine rings is 1. The fourth-order valence-corrected chi connectivity index (χ4v) is 3.51. The van der Waals surface area contributed by atoms with E-state index in [1.807, 2.05) is 45.0 Å². The fourth-order valence-electron chi connectivity index (χ4n) is 2.96. The first-order valence-corrected chi connectivity index (χ1v) is 11.1. The van der Waals surface area contributed by atoms with Crippen molar-refractivity contribution >= 4 is 34.6 Å². The SMILES string of the molecule is CC(C)(C)OC(=O)N1CCN(CCOc2cccc(C=NNc3nc(N)cs3)c2)CC1. The number of ether oxygens (including phenoxy) is 2. The Morgan fingerprint density at radius 1 is 1.32 bits per heavy atom. The molecule has 0 atom stereocenters. The molecule has 3 rings (SSSR count). The highest BCUT2D eigenvalue weighted by atomic mass is 32.1. The summed E-state index contributed by atoms with van der Waals surface area (Å²) < 4.78 is 11.3. The van der Waals surface area contributed by atoms with Crippen LogP contribution in [0.25, 0.3) is 0 Å². The molecule has 0 radical (unpaired) electrons. The maximum Gasteiger partial charge on any atom is 0.410 e. The number of carbonyl (C=O) groups is 1. The molecule has 1 aromatic heterocycles. The van der Waals surface area contributed by atoms with E-state index in [2.05, 4.69) is 20.4 Å². The largest absolute Gasteiger partial charge is 0.492 e. The topological polar surface area (TPSA) is 105 Å². The molecule has 1 amide bonds. The molecule has 2 heterocycles. The maximum atomic E-state index is 12.1.